The van der Waals surface area contributed by atoms with Gasteiger partial charge in [0.25, 0.3) is 11.8 Å². The molecular formula is C24H23FN2O2. The quantitative estimate of drug-likeness (QED) is 0.607. The third-order valence-electron chi connectivity index (χ3n) is 4.48. The zero-order chi connectivity index (χ0) is 21.0. The van der Waals surface area contributed by atoms with Crippen molar-refractivity contribution < 1.29 is 14.0 Å². The molecule has 0 fully saturated rings. The van der Waals surface area contributed by atoms with Crippen molar-refractivity contribution in [3.8, 4) is 0 Å². The number of halogens is 1. The molecule has 29 heavy (non-hydrogen) atoms. The summed E-state index contributed by atoms with van der Waals surface area (Å²) in [6.07, 6.45) is 0. The molecule has 0 aliphatic heterocycles. The summed E-state index contributed by atoms with van der Waals surface area (Å²) < 4.78 is 13.3. The third-order valence-corrected chi connectivity index (χ3v) is 4.48. The molecule has 0 saturated carbocycles. The summed E-state index contributed by atoms with van der Waals surface area (Å²) in [4.78, 5) is 24.8. The Labute approximate surface area is 169 Å². The number of carbonyl (C=O) groups excluding carboxylic acids is 2. The van der Waals surface area contributed by atoms with Crippen LogP contribution in [0.5, 0.6) is 0 Å². The Morgan fingerprint density at radius 2 is 1.28 bits per heavy atom. The minimum Gasteiger partial charge on any atom is -0.322 e. The molecule has 0 heterocycles. The smallest absolute Gasteiger partial charge is 0.255 e. The fourth-order valence-corrected chi connectivity index (χ4v) is 2.83. The predicted octanol–water partition coefficient (Wildman–Crippen LogP) is 5.63. The lowest BCUT2D eigenvalue weighted by Gasteiger charge is -2.19. The Hall–Kier alpha value is -3.47. The number of rotatable bonds is 4. The Morgan fingerprint density at radius 1 is 0.724 bits per heavy atom. The van der Waals surface area contributed by atoms with Gasteiger partial charge in [-0.3, -0.25) is 9.59 Å². The molecule has 0 atom stereocenters. The second-order valence-corrected chi connectivity index (χ2v) is 7.83. The highest BCUT2D eigenvalue weighted by Gasteiger charge is 2.14. The van der Waals surface area contributed by atoms with Crippen LogP contribution in [0.1, 0.15) is 47.1 Å². The third kappa shape index (κ3) is 5.29. The SMILES string of the molecule is CC(C)(C)c1ccc(C(=O)Nc2cccc(NC(=O)c3cccc(F)c3)c2)cc1. The van der Waals surface area contributed by atoms with Crippen molar-refractivity contribution in [1.82, 2.24) is 0 Å². The van der Waals surface area contributed by atoms with Crippen LogP contribution in [-0.2, 0) is 5.41 Å². The van der Waals surface area contributed by atoms with E-state index in [4.69, 9.17) is 0 Å². The number of anilines is 2. The van der Waals surface area contributed by atoms with Gasteiger partial charge in [-0.05, 0) is 59.5 Å². The lowest BCUT2D eigenvalue weighted by Crippen LogP contribution is -2.15. The van der Waals surface area contributed by atoms with Crippen LogP contribution in [0.3, 0.4) is 0 Å². The van der Waals surface area contributed by atoms with Crippen LogP contribution < -0.4 is 10.6 Å². The van der Waals surface area contributed by atoms with Crippen molar-refractivity contribution in [2.45, 2.75) is 26.2 Å². The van der Waals surface area contributed by atoms with Crippen LogP contribution in [0.2, 0.25) is 0 Å². The Kier molecular flexibility index (Phi) is 5.78. The molecule has 3 aromatic rings. The number of hydrogen-bond acceptors (Lipinski definition) is 2. The molecule has 0 unspecified atom stereocenters. The van der Waals surface area contributed by atoms with Crippen molar-refractivity contribution in [1.29, 1.82) is 0 Å². The average molecular weight is 390 g/mol. The summed E-state index contributed by atoms with van der Waals surface area (Å²) in [6.45, 7) is 6.35. The van der Waals surface area contributed by atoms with Crippen molar-refractivity contribution >= 4 is 23.2 Å². The second kappa shape index (κ2) is 8.27. The molecule has 3 aromatic carbocycles. The second-order valence-electron chi connectivity index (χ2n) is 7.83. The van der Waals surface area contributed by atoms with E-state index in [0.717, 1.165) is 5.56 Å². The van der Waals surface area contributed by atoms with Gasteiger partial charge in [0, 0.05) is 22.5 Å². The first-order chi connectivity index (χ1) is 13.7. The summed E-state index contributed by atoms with van der Waals surface area (Å²) >= 11 is 0. The largest absolute Gasteiger partial charge is 0.322 e. The molecule has 0 aliphatic rings. The molecule has 0 saturated heterocycles. The van der Waals surface area contributed by atoms with Gasteiger partial charge in [-0.25, -0.2) is 4.39 Å². The fraction of sp³-hybridized carbons (Fsp3) is 0.167. The molecule has 148 valence electrons. The van der Waals surface area contributed by atoms with Crippen LogP contribution in [0.25, 0.3) is 0 Å². The van der Waals surface area contributed by atoms with Crippen molar-refractivity contribution in [2.24, 2.45) is 0 Å². The number of hydrogen-bond donors (Lipinski definition) is 2. The minimum absolute atomic E-state index is 0.0171. The van der Waals surface area contributed by atoms with E-state index in [9.17, 15) is 14.0 Å². The maximum Gasteiger partial charge on any atom is 0.255 e. The van der Waals surface area contributed by atoms with Crippen molar-refractivity contribution in [3.05, 3.63) is 95.3 Å². The summed E-state index contributed by atoms with van der Waals surface area (Å²) in [5, 5.41) is 5.53. The van der Waals surface area contributed by atoms with E-state index in [2.05, 4.69) is 31.4 Å². The van der Waals surface area contributed by atoms with Crippen molar-refractivity contribution in [3.63, 3.8) is 0 Å². The summed E-state index contributed by atoms with van der Waals surface area (Å²) in [5.74, 6) is -1.14. The fourth-order valence-electron chi connectivity index (χ4n) is 2.83. The Balaban J connectivity index is 1.69. The first-order valence-electron chi connectivity index (χ1n) is 9.31. The van der Waals surface area contributed by atoms with Gasteiger partial charge >= 0.3 is 0 Å². The minimum atomic E-state index is -0.476. The van der Waals surface area contributed by atoms with Gasteiger partial charge in [0.1, 0.15) is 5.82 Å². The number of amides is 2. The molecule has 0 aromatic heterocycles. The number of carbonyl (C=O) groups is 2. The van der Waals surface area contributed by atoms with Gasteiger partial charge < -0.3 is 10.6 Å². The van der Waals surface area contributed by atoms with Gasteiger partial charge in [0.15, 0.2) is 0 Å². The first-order valence-corrected chi connectivity index (χ1v) is 9.31. The molecule has 2 amide bonds. The predicted molar refractivity (Wildman–Crippen MR) is 114 cm³/mol. The van der Waals surface area contributed by atoms with Crippen LogP contribution in [-0.4, -0.2) is 11.8 Å². The number of benzene rings is 3. The van der Waals surface area contributed by atoms with Crippen LogP contribution in [0, 0.1) is 5.82 Å². The van der Waals surface area contributed by atoms with Crippen LogP contribution >= 0.6 is 0 Å². The molecule has 4 nitrogen and oxygen atoms in total. The van der Waals surface area contributed by atoms with E-state index in [1.807, 2.05) is 12.1 Å². The standard InChI is InChI=1S/C24H23FN2O2/c1-24(2,3)18-12-10-16(11-13-18)22(28)26-20-8-5-9-21(15-20)27-23(29)17-6-4-7-19(25)14-17/h4-15H,1-3H3,(H,26,28)(H,27,29). The molecule has 5 heteroatoms. The number of nitrogens with one attached hydrogen (secondary N) is 2. The van der Waals surface area contributed by atoms with E-state index >= 15 is 0 Å². The first kappa shape index (κ1) is 20.3. The molecule has 0 bridgehead atoms. The summed E-state index contributed by atoms with van der Waals surface area (Å²) in [5.41, 5.74) is 2.98. The monoisotopic (exact) mass is 390 g/mol. The van der Waals surface area contributed by atoms with Gasteiger partial charge in [-0.1, -0.05) is 45.0 Å². The molecule has 0 spiro atoms. The van der Waals surface area contributed by atoms with E-state index in [1.165, 1.54) is 24.3 Å². The van der Waals surface area contributed by atoms with Gasteiger partial charge in [-0.15, -0.1) is 0 Å². The highest BCUT2D eigenvalue weighted by Crippen LogP contribution is 2.23. The van der Waals surface area contributed by atoms with Gasteiger partial charge in [0.2, 0.25) is 0 Å². The lowest BCUT2D eigenvalue weighted by molar-refractivity contribution is 0.101. The highest BCUT2D eigenvalue weighted by atomic mass is 19.1. The van der Waals surface area contributed by atoms with E-state index in [-0.39, 0.29) is 16.9 Å². The Morgan fingerprint density at radius 3 is 1.83 bits per heavy atom. The van der Waals surface area contributed by atoms with Crippen LogP contribution in [0.15, 0.2) is 72.8 Å². The Bertz CT molecular complexity index is 1040. The zero-order valence-corrected chi connectivity index (χ0v) is 16.6. The molecule has 0 aliphatic carbocycles. The normalized spacial score (nSPS) is 11.0. The van der Waals surface area contributed by atoms with E-state index in [0.29, 0.717) is 16.9 Å². The summed E-state index contributed by atoms with van der Waals surface area (Å²) in [7, 11) is 0. The van der Waals surface area contributed by atoms with Gasteiger partial charge in [-0.2, -0.15) is 0 Å². The maximum atomic E-state index is 13.3. The molecule has 3 rings (SSSR count). The van der Waals surface area contributed by atoms with E-state index in [1.54, 1.807) is 36.4 Å². The zero-order valence-electron chi connectivity index (χ0n) is 16.6. The van der Waals surface area contributed by atoms with Crippen LogP contribution in [0.4, 0.5) is 15.8 Å². The average Bonchev–Trinajstić information content (AvgIpc) is 2.67. The van der Waals surface area contributed by atoms with Gasteiger partial charge in [0.05, 0.1) is 0 Å². The maximum absolute atomic E-state index is 13.3. The molecule has 2 N–H and O–H groups in total. The van der Waals surface area contributed by atoms with E-state index < -0.39 is 11.7 Å². The highest BCUT2D eigenvalue weighted by molar-refractivity contribution is 6.06. The topological polar surface area (TPSA) is 58.2 Å². The molecular weight excluding hydrogens is 367 g/mol. The lowest BCUT2D eigenvalue weighted by atomic mass is 9.87. The summed E-state index contributed by atoms with van der Waals surface area (Å²) in [6, 6.07) is 19.8. The molecule has 0 radical (unpaired) electrons. The van der Waals surface area contributed by atoms with Crippen molar-refractivity contribution in [2.75, 3.05) is 10.6 Å².